The van der Waals surface area contributed by atoms with Gasteiger partial charge in [-0.15, -0.1) is 0 Å². The molecule has 2 rings (SSSR count). The lowest BCUT2D eigenvalue weighted by molar-refractivity contribution is -0.132. The fourth-order valence-electron chi connectivity index (χ4n) is 3.06. The lowest BCUT2D eigenvalue weighted by Gasteiger charge is -2.41. The van der Waals surface area contributed by atoms with Crippen molar-refractivity contribution in [3.8, 4) is 0 Å². The Hall–Kier alpha value is -0.610. The van der Waals surface area contributed by atoms with Crippen molar-refractivity contribution < 1.29 is 4.79 Å². The van der Waals surface area contributed by atoms with E-state index in [2.05, 4.69) is 24.5 Å². The van der Waals surface area contributed by atoms with E-state index in [1.54, 1.807) is 0 Å². The smallest absolute Gasteiger partial charge is 0.239 e. The first-order valence-electron chi connectivity index (χ1n) is 7.26. The number of carbonyl (C=O) groups is 1. The molecular weight excluding hydrogens is 226 g/mol. The van der Waals surface area contributed by atoms with Crippen LogP contribution in [0.3, 0.4) is 0 Å². The van der Waals surface area contributed by atoms with E-state index in [0.29, 0.717) is 6.04 Å². The second-order valence-electron chi connectivity index (χ2n) is 6.43. The molecule has 0 aromatic rings. The highest BCUT2D eigenvalue weighted by molar-refractivity contribution is 5.81. The number of hydrogen-bond donors (Lipinski definition) is 2. The summed E-state index contributed by atoms with van der Waals surface area (Å²) in [5.74, 6) is 0.279. The summed E-state index contributed by atoms with van der Waals surface area (Å²) in [4.78, 5) is 14.3. The van der Waals surface area contributed by atoms with Gasteiger partial charge in [0.15, 0.2) is 0 Å². The molecule has 0 spiro atoms. The predicted octanol–water partition coefficient (Wildman–Crippen LogP) is 0.975. The van der Waals surface area contributed by atoms with Crippen LogP contribution in [0, 0.1) is 5.41 Å². The van der Waals surface area contributed by atoms with E-state index >= 15 is 0 Å². The lowest BCUT2D eigenvalue weighted by Crippen LogP contribution is -2.57. The number of likely N-dealkylation sites (tertiary alicyclic amines) is 1. The van der Waals surface area contributed by atoms with E-state index in [9.17, 15) is 4.79 Å². The Kier molecular flexibility index (Phi) is 4.28. The Bertz CT molecular complexity index is 297. The van der Waals surface area contributed by atoms with Crippen molar-refractivity contribution in [2.45, 2.75) is 52.1 Å². The van der Waals surface area contributed by atoms with Crippen LogP contribution in [0.2, 0.25) is 0 Å². The number of carbonyl (C=O) groups excluding carboxylic acids is 1. The first-order chi connectivity index (χ1) is 8.50. The van der Waals surface area contributed by atoms with E-state index in [-0.39, 0.29) is 17.4 Å². The van der Waals surface area contributed by atoms with Crippen molar-refractivity contribution in [3.63, 3.8) is 0 Å². The van der Waals surface area contributed by atoms with Crippen molar-refractivity contribution in [1.29, 1.82) is 0 Å². The van der Waals surface area contributed by atoms with Gasteiger partial charge in [0.1, 0.15) is 0 Å². The molecule has 0 aromatic heterocycles. The van der Waals surface area contributed by atoms with Crippen LogP contribution in [0.15, 0.2) is 0 Å². The molecule has 2 saturated heterocycles. The summed E-state index contributed by atoms with van der Waals surface area (Å²) in [6, 6.07) is 0.380. The molecule has 104 valence electrons. The van der Waals surface area contributed by atoms with Crippen LogP contribution < -0.4 is 10.6 Å². The van der Waals surface area contributed by atoms with Crippen LogP contribution >= 0.6 is 0 Å². The zero-order valence-electron chi connectivity index (χ0n) is 12.0. The number of nitrogens with zero attached hydrogens (tertiary/aromatic N) is 1. The quantitative estimate of drug-likeness (QED) is 0.788. The molecule has 2 N–H and O–H groups in total. The van der Waals surface area contributed by atoms with Gasteiger partial charge >= 0.3 is 0 Å². The van der Waals surface area contributed by atoms with Crippen molar-refractivity contribution >= 4 is 5.91 Å². The molecule has 4 heteroatoms. The minimum atomic E-state index is -0.0505. The van der Waals surface area contributed by atoms with Gasteiger partial charge in [0.05, 0.1) is 6.04 Å². The Morgan fingerprint density at radius 2 is 2.06 bits per heavy atom. The molecule has 2 unspecified atom stereocenters. The van der Waals surface area contributed by atoms with E-state index in [1.165, 1.54) is 0 Å². The van der Waals surface area contributed by atoms with Crippen LogP contribution in [-0.2, 0) is 4.79 Å². The van der Waals surface area contributed by atoms with Crippen molar-refractivity contribution in [3.05, 3.63) is 0 Å². The van der Waals surface area contributed by atoms with Gasteiger partial charge in [-0.05, 0) is 38.1 Å². The standard InChI is InChI=1S/C14H27N3O/c1-11(13(18)17-8-4-5-9-17)16-12-6-7-15-10-14(12,2)3/h11-12,15-16H,4-10H2,1-3H3. The van der Waals surface area contributed by atoms with Crippen molar-refractivity contribution in [2.24, 2.45) is 5.41 Å². The maximum absolute atomic E-state index is 12.3. The van der Waals surface area contributed by atoms with Crippen LogP contribution in [0.1, 0.15) is 40.0 Å². The third-order valence-electron chi connectivity index (χ3n) is 4.37. The summed E-state index contributed by atoms with van der Waals surface area (Å²) in [5, 5.41) is 6.98. The summed E-state index contributed by atoms with van der Waals surface area (Å²) >= 11 is 0. The van der Waals surface area contributed by atoms with Gasteiger partial charge in [-0.3, -0.25) is 4.79 Å². The van der Waals surface area contributed by atoms with Crippen molar-refractivity contribution in [2.75, 3.05) is 26.2 Å². The highest BCUT2D eigenvalue weighted by Gasteiger charge is 2.34. The van der Waals surface area contributed by atoms with Crippen LogP contribution in [0.4, 0.5) is 0 Å². The summed E-state index contributed by atoms with van der Waals surface area (Å²) in [7, 11) is 0. The molecule has 2 aliphatic heterocycles. The molecule has 2 aliphatic rings. The number of nitrogens with one attached hydrogen (secondary N) is 2. The SMILES string of the molecule is CC(NC1CCNCC1(C)C)C(=O)N1CCCC1. The third kappa shape index (κ3) is 3.04. The van der Waals surface area contributed by atoms with Crippen LogP contribution in [0.5, 0.6) is 0 Å². The maximum Gasteiger partial charge on any atom is 0.239 e. The van der Waals surface area contributed by atoms with Crippen LogP contribution in [-0.4, -0.2) is 49.1 Å². The summed E-state index contributed by atoms with van der Waals surface area (Å²) in [5.41, 5.74) is 0.220. The van der Waals surface area contributed by atoms with E-state index < -0.39 is 0 Å². The summed E-state index contributed by atoms with van der Waals surface area (Å²) < 4.78 is 0. The zero-order chi connectivity index (χ0) is 13.2. The second kappa shape index (κ2) is 5.57. The number of rotatable bonds is 3. The lowest BCUT2D eigenvalue weighted by atomic mass is 9.79. The van der Waals surface area contributed by atoms with Gasteiger partial charge in [-0.25, -0.2) is 0 Å². The molecule has 0 saturated carbocycles. The average Bonchev–Trinajstić information content (AvgIpc) is 2.84. The van der Waals surface area contributed by atoms with Gasteiger partial charge in [0, 0.05) is 25.7 Å². The number of hydrogen-bond acceptors (Lipinski definition) is 3. The van der Waals surface area contributed by atoms with Gasteiger partial charge in [0.25, 0.3) is 0 Å². The van der Waals surface area contributed by atoms with E-state index in [1.807, 2.05) is 11.8 Å². The highest BCUT2D eigenvalue weighted by Crippen LogP contribution is 2.25. The summed E-state index contributed by atoms with van der Waals surface area (Å²) in [6.07, 6.45) is 3.43. The van der Waals surface area contributed by atoms with E-state index in [0.717, 1.165) is 45.4 Å². The Morgan fingerprint density at radius 1 is 1.39 bits per heavy atom. The predicted molar refractivity (Wildman–Crippen MR) is 73.5 cm³/mol. The first kappa shape index (κ1) is 13.8. The molecule has 0 aromatic carbocycles. The minimum Gasteiger partial charge on any atom is -0.341 e. The van der Waals surface area contributed by atoms with Gasteiger partial charge in [0.2, 0.25) is 5.91 Å². The van der Waals surface area contributed by atoms with E-state index in [4.69, 9.17) is 0 Å². The highest BCUT2D eigenvalue weighted by atomic mass is 16.2. The normalized spacial score (nSPS) is 29.3. The molecule has 4 nitrogen and oxygen atoms in total. The fourth-order valence-corrected chi connectivity index (χ4v) is 3.06. The molecule has 18 heavy (non-hydrogen) atoms. The molecule has 0 bridgehead atoms. The third-order valence-corrected chi connectivity index (χ3v) is 4.37. The number of piperidine rings is 1. The Labute approximate surface area is 110 Å². The first-order valence-corrected chi connectivity index (χ1v) is 7.26. The Balaban J connectivity index is 1.89. The second-order valence-corrected chi connectivity index (χ2v) is 6.43. The molecule has 2 fully saturated rings. The molecule has 2 heterocycles. The molecule has 2 atom stereocenters. The summed E-state index contributed by atoms with van der Waals surface area (Å²) in [6.45, 7) is 10.5. The molecular formula is C14H27N3O. The fraction of sp³-hybridized carbons (Fsp3) is 0.929. The van der Waals surface area contributed by atoms with Gasteiger partial charge in [-0.2, -0.15) is 0 Å². The van der Waals surface area contributed by atoms with Crippen LogP contribution in [0.25, 0.3) is 0 Å². The largest absolute Gasteiger partial charge is 0.341 e. The Morgan fingerprint density at radius 3 is 2.67 bits per heavy atom. The number of amides is 1. The molecule has 1 amide bonds. The minimum absolute atomic E-state index is 0.0505. The molecule has 0 radical (unpaired) electrons. The van der Waals surface area contributed by atoms with Gasteiger partial charge in [-0.1, -0.05) is 13.8 Å². The average molecular weight is 253 g/mol. The molecule has 0 aliphatic carbocycles. The topological polar surface area (TPSA) is 44.4 Å². The van der Waals surface area contributed by atoms with Crippen molar-refractivity contribution in [1.82, 2.24) is 15.5 Å². The zero-order valence-corrected chi connectivity index (χ0v) is 12.0. The van der Waals surface area contributed by atoms with Gasteiger partial charge < -0.3 is 15.5 Å². The monoisotopic (exact) mass is 253 g/mol. The maximum atomic E-state index is 12.3.